The fourth-order valence-corrected chi connectivity index (χ4v) is 2.68. The van der Waals surface area contributed by atoms with E-state index in [9.17, 15) is 0 Å². The second-order valence-corrected chi connectivity index (χ2v) is 6.32. The molecule has 0 amide bonds. The first-order chi connectivity index (χ1) is 10.5. The SMILES string of the molecule is CC[C@H](NC(=S)Nc1ccc(Cl)c(Cl)c1)c1ccc(C)cc1. The lowest BCUT2D eigenvalue weighted by Gasteiger charge is -2.20. The molecule has 2 rings (SSSR count). The Bertz CT molecular complexity index is 656. The minimum atomic E-state index is 0.170. The van der Waals surface area contributed by atoms with Crippen LogP contribution in [-0.4, -0.2) is 5.11 Å². The van der Waals surface area contributed by atoms with E-state index in [2.05, 4.69) is 48.7 Å². The molecule has 0 aliphatic carbocycles. The zero-order chi connectivity index (χ0) is 16.1. The van der Waals surface area contributed by atoms with E-state index in [1.807, 2.05) is 6.07 Å². The highest BCUT2D eigenvalue weighted by atomic mass is 35.5. The number of benzene rings is 2. The molecular weight excluding hydrogens is 335 g/mol. The lowest BCUT2D eigenvalue weighted by Crippen LogP contribution is -2.32. The molecule has 0 fully saturated rings. The van der Waals surface area contributed by atoms with Crippen molar-refractivity contribution in [3.05, 3.63) is 63.6 Å². The van der Waals surface area contributed by atoms with Crippen molar-refractivity contribution in [1.29, 1.82) is 0 Å². The summed E-state index contributed by atoms with van der Waals surface area (Å²) in [4.78, 5) is 0. The average molecular weight is 353 g/mol. The second kappa shape index (κ2) is 7.82. The maximum absolute atomic E-state index is 6.01. The second-order valence-electron chi connectivity index (χ2n) is 5.10. The van der Waals surface area contributed by atoms with Crippen molar-refractivity contribution in [2.24, 2.45) is 0 Å². The van der Waals surface area contributed by atoms with Crippen LogP contribution >= 0.6 is 35.4 Å². The summed E-state index contributed by atoms with van der Waals surface area (Å²) in [5, 5.41) is 8.05. The molecule has 0 heterocycles. The highest BCUT2D eigenvalue weighted by Gasteiger charge is 2.10. The molecule has 5 heteroatoms. The van der Waals surface area contributed by atoms with Gasteiger partial charge in [0, 0.05) is 5.69 Å². The minimum Gasteiger partial charge on any atom is -0.356 e. The largest absolute Gasteiger partial charge is 0.356 e. The van der Waals surface area contributed by atoms with Crippen LogP contribution in [0.15, 0.2) is 42.5 Å². The summed E-state index contributed by atoms with van der Waals surface area (Å²) in [7, 11) is 0. The Morgan fingerprint density at radius 2 is 1.77 bits per heavy atom. The van der Waals surface area contributed by atoms with Crippen LogP contribution in [0.25, 0.3) is 0 Å². The monoisotopic (exact) mass is 352 g/mol. The molecular formula is C17H18Cl2N2S. The van der Waals surface area contributed by atoms with Gasteiger partial charge in [-0.15, -0.1) is 0 Å². The number of hydrogen-bond acceptors (Lipinski definition) is 1. The summed E-state index contributed by atoms with van der Waals surface area (Å²) in [6.45, 7) is 4.20. The van der Waals surface area contributed by atoms with Gasteiger partial charge in [0.05, 0.1) is 16.1 Å². The van der Waals surface area contributed by atoms with Crippen LogP contribution in [0.3, 0.4) is 0 Å². The number of halogens is 2. The fraction of sp³-hybridized carbons (Fsp3) is 0.235. The highest BCUT2D eigenvalue weighted by Crippen LogP contribution is 2.25. The molecule has 2 N–H and O–H groups in total. The number of thiocarbonyl (C=S) groups is 1. The van der Waals surface area contributed by atoms with Gasteiger partial charge in [-0.3, -0.25) is 0 Å². The lowest BCUT2D eigenvalue weighted by atomic mass is 10.0. The Morgan fingerprint density at radius 3 is 2.36 bits per heavy atom. The molecule has 0 saturated carbocycles. The van der Waals surface area contributed by atoms with Crippen LogP contribution in [0.2, 0.25) is 10.0 Å². The summed E-state index contributed by atoms with van der Waals surface area (Å²) < 4.78 is 0. The summed E-state index contributed by atoms with van der Waals surface area (Å²) in [6, 6.07) is 14.0. The van der Waals surface area contributed by atoms with Gasteiger partial charge >= 0.3 is 0 Å². The third-order valence-electron chi connectivity index (χ3n) is 3.37. The van der Waals surface area contributed by atoms with Crippen LogP contribution in [0.1, 0.15) is 30.5 Å². The maximum atomic E-state index is 6.01. The fourth-order valence-electron chi connectivity index (χ4n) is 2.12. The predicted molar refractivity (Wildman–Crippen MR) is 100 cm³/mol. The van der Waals surface area contributed by atoms with E-state index in [4.69, 9.17) is 35.4 Å². The van der Waals surface area contributed by atoms with Gasteiger partial charge in [-0.25, -0.2) is 0 Å². The van der Waals surface area contributed by atoms with Crippen molar-refractivity contribution in [1.82, 2.24) is 5.32 Å². The third kappa shape index (κ3) is 4.60. The Balaban J connectivity index is 2.02. The average Bonchev–Trinajstić information content (AvgIpc) is 2.49. The van der Waals surface area contributed by atoms with E-state index in [-0.39, 0.29) is 6.04 Å². The molecule has 0 unspecified atom stereocenters. The molecule has 0 aliphatic heterocycles. The van der Waals surface area contributed by atoms with Gasteiger partial charge in [0.1, 0.15) is 0 Å². The predicted octanol–water partition coefficient (Wildman–Crippen LogP) is 5.74. The molecule has 0 spiro atoms. The number of rotatable bonds is 4. The molecule has 1 atom stereocenters. The van der Waals surface area contributed by atoms with Crippen LogP contribution in [-0.2, 0) is 0 Å². The smallest absolute Gasteiger partial charge is 0.171 e. The molecule has 0 saturated heterocycles. The normalized spacial score (nSPS) is 11.8. The zero-order valence-electron chi connectivity index (χ0n) is 12.5. The van der Waals surface area contributed by atoms with E-state index >= 15 is 0 Å². The number of hydrogen-bond donors (Lipinski definition) is 2. The Hall–Kier alpha value is -1.29. The molecule has 2 aromatic rings. The van der Waals surface area contributed by atoms with Gasteiger partial charge in [-0.2, -0.15) is 0 Å². The van der Waals surface area contributed by atoms with Crippen LogP contribution in [0.4, 0.5) is 5.69 Å². The summed E-state index contributed by atoms with van der Waals surface area (Å²) in [5.74, 6) is 0. The van der Waals surface area contributed by atoms with Crippen LogP contribution in [0.5, 0.6) is 0 Å². The molecule has 0 radical (unpaired) electrons. The van der Waals surface area contributed by atoms with E-state index in [1.54, 1.807) is 12.1 Å². The topological polar surface area (TPSA) is 24.1 Å². The molecule has 22 heavy (non-hydrogen) atoms. The lowest BCUT2D eigenvalue weighted by molar-refractivity contribution is 0.629. The molecule has 0 aromatic heterocycles. The molecule has 116 valence electrons. The molecule has 2 nitrogen and oxygen atoms in total. The molecule has 2 aromatic carbocycles. The highest BCUT2D eigenvalue weighted by molar-refractivity contribution is 7.80. The first kappa shape index (κ1) is 17.1. The van der Waals surface area contributed by atoms with Gasteiger partial charge in [0.15, 0.2) is 5.11 Å². The first-order valence-electron chi connectivity index (χ1n) is 7.08. The van der Waals surface area contributed by atoms with E-state index < -0.39 is 0 Å². The van der Waals surface area contributed by atoms with Crippen molar-refractivity contribution >= 4 is 46.2 Å². The summed E-state index contributed by atoms with van der Waals surface area (Å²) in [6.07, 6.45) is 0.937. The van der Waals surface area contributed by atoms with Crippen molar-refractivity contribution in [2.75, 3.05) is 5.32 Å². The Morgan fingerprint density at radius 1 is 1.09 bits per heavy atom. The summed E-state index contributed by atoms with van der Waals surface area (Å²) in [5.41, 5.74) is 3.27. The number of nitrogens with one attached hydrogen (secondary N) is 2. The zero-order valence-corrected chi connectivity index (χ0v) is 14.8. The minimum absolute atomic E-state index is 0.170. The van der Waals surface area contributed by atoms with Crippen LogP contribution in [0, 0.1) is 6.92 Å². The van der Waals surface area contributed by atoms with E-state index in [0.29, 0.717) is 15.2 Å². The third-order valence-corrected chi connectivity index (χ3v) is 4.33. The number of aryl methyl sites for hydroxylation is 1. The first-order valence-corrected chi connectivity index (χ1v) is 8.25. The maximum Gasteiger partial charge on any atom is 0.171 e. The van der Waals surface area contributed by atoms with Gasteiger partial charge < -0.3 is 10.6 Å². The van der Waals surface area contributed by atoms with Crippen molar-refractivity contribution in [3.8, 4) is 0 Å². The number of anilines is 1. The molecule has 0 aliphatic rings. The van der Waals surface area contributed by atoms with E-state index in [0.717, 1.165) is 12.1 Å². The van der Waals surface area contributed by atoms with Crippen molar-refractivity contribution in [3.63, 3.8) is 0 Å². The summed E-state index contributed by atoms with van der Waals surface area (Å²) >= 11 is 17.3. The van der Waals surface area contributed by atoms with Crippen LogP contribution < -0.4 is 10.6 Å². The Kier molecular flexibility index (Phi) is 6.07. The van der Waals surface area contributed by atoms with Gasteiger partial charge in [-0.05, 0) is 49.3 Å². The van der Waals surface area contributed by atoms with E-state index in [1.165, 1.54) is 11.1 Å². The Labute approximate surface area is 146 Å². The van der Waals surface area contributed by atoms with Gasteiger partial charge in [0.25, 0.3) is 0 Å². The van der Waals surface area contributed by atoms with Gasteiger partial charge in [0.2, 0.25) is 0 Å². The standard InChI is InChI=1S/C17H18Cl2N2S/c1-3-16(12-6-4-11(2)5-7-12)21-17(22)20-13-8-9-14(18)15(19)10-13/h4-10,16H,3H2,1-2H3,(H2,20,21,22)/t16-/m0/s1. The van der Waals surface area contributed by atoms with Crippen molar-refractivity contribution in [2.45, 2.75) is 26.3 Å². The molecule has 0 bridgehead atoms. The van der Waals surface area contributed by atoms with Crippen molar-refractivity contribution < 1.29 is 0 Å². The van der Waals surface area contributed by atoms with Gasteiger partial charge in [-0.1, -0.05) is 60.0 Å². The quantitative estimate of drug-likeness (QED) is 0.686.